The topological polar surface area (TPSA) is 45.5 Å². The molecule has 0 atom stereocenters. The fourth-order valence-electron chi connectivity index (χ4n) is 1.77. The fraction of sp³-hybridized carbons (Fsp3) is 0.333. The zero-order valence-corrected chi connectivity index (χ0v) is 8.77. The van der Waals surface area contributed by atoms with Gasteiger partial charge in [0.25, 0.3) is 0 Å². The van der Waals surface area contributed by atoms with Crippen LogP contribution in [0.25, 0.3) is 5.57 Å². The molecule has 2 rings (SSSR count). The standard InChI is InChI=1S/C12H14N2O/c1-9-5-6-11(8-13-9)10-3-2-4-12(7-10)14-15/h5-8,15H,2-4H2,1H3. The van der Waals surface area contributed by atoms with Crippen LogP contribution in [0, 0.1) is 6.92 Å². The highest BCUT2D eigenvalue weighted by atomic mass is 16.4. The van der Waals surface area contributed by atoms with E-state index < -0.39 is 0 Å². The summed E-state index contributed by atoms with van der Waals surface area (Å²) >= 11 is 0. The van der Waals surface area contributed by atoms with E-state index in [0.717, 1.165) is 36.2 Å². The summed E-state index contributed by atoms with van der Waals surface area (Å²) in [5, 5.41) is 12.0. The summed E-state index contributed by atoms with van der Waals surface area (Å²) in [5.41, 5.74) is 4.12. The Bertz CT molecular complexity index is 404. The Morgan fingerprint density at radius 1 is 1.33 bits per heavy atom. The van der Waals surface area contributed by atoms with Gasteiger partial charge in [-0.2, -0.15) is 0 Å². The number of nitrogens with zero attached hydrogens (tertiary/aromatic N) is 2. The molecule has 78 valence electrons. The van der Waals surface area contributed by atoms with Crippen molar-refractivity contribution in [1.29, 1.82) is 0 Å². The molecule has 0 saturated heterocycles. The van der Waals surface area contributed by atoms with Gasteiger partial charge in [0.2, 0.25) is 0 Å². The lowest BCUT2D eigenvalue weighted by molar-refractivity contribution is 0.318. The Morgan fingerprint density at radius 3 is 2.87 bits per heavy atom. The van der Waals surface area contributed by atoms with Crippen molar-refractivity contribution in [2.45, 2.75) is 26.2 Å². The summed E-state index contributed by atoms with van der Waals surface area (Å²) in [6.07, 6.45) is 6.76. The molecule has 15 heavy (non-hydrogen) atoms. The van der Waals surface area contributed by atoms with Crippen molar-refractivity contribution in [2.75, 3.05) is 0 Å². The smallest absolute Gasteiger partial charge is 0.0798 e. The van der Waals surface area contributed by atoms with Crippen molar-refractivity contribution in [3.8, 4) is 0 Å². The lowest BCUT2D eigenvalue weighted by atomic mass is 9.93. The SMILES string of the molecule is Cc1ccc(C2=CC(=NO)CCC2)cn1. The van der Waals surface area contributed by atoms with Crippen molar-refractivity contribution in [3.63, 3.8) is 0 Å². The average Bonchev–Trinajstić information content (AvgIpc) is 2.30. The summed E-state index contributed by atoms with van der Waals surface area (Å²) in [4.78, 5) is 4.26. The van der Waals surface area contributed by atoms with Gasteiger partial charge in [-0.25, -0.2) is 0 Å². The van der Waals surface area contributed by atoms with Crippen molar-refractivity contribution >= 4 is 11.3 Å². The van der Waals surface area contributed by atoms with Crippen LogP contribution in [-0.4, -0.2) is 15.9 Å². The zero-order chi connectivity index (χ0) is 10.7. The zero-order valence-electron chi connectivity index (χ0n) is 8.77. The normalized spacial score (nSPS) is 19.0. The second kappa shape index (κ2) is 4.26. The van der Waals surface area contributed by atoms with Crippen molar-refractivity contribution in [2.24, 2.45) is 5.16 Å². The van der Waals surface area contributed by atoms with E-state index in [1.54, 1.807) is 0 Å². The maximum absolute atomic E-state index is 8.73. The molecule has 0 aliphatic heterocycles. The minimum atomic E-state index is 0.761. The van der Waals surface area contributed by atoms with Gasteiger partial charge < -0.3 is 5.21 Å². The van der Waals surface area contributed by atoms with Crippen LogP contribution in [0.4, 0.5) is 0 Å². The maximum atomic E-state index is 8.73. The largest absolute Gasteiger partial charge is 0.411 e. The fourth-order valence-corrected chi connectivity index (χ4v) is 1.77. The molecule has 0 saturated carbocycles. The Labute approximate surface area is 89.2 Å². The van der Waals surface area contributed by atoms with Gasteiger partial charge in [-0.05, 0) is 49.5 Å². The lowest BCUT2D eigenvalue weighted by Crippen LogP contribution is -2.03. The Kier molecular flexibility index (Phi) is 2.81. The molecule has 3 heteroatoms. The third kappa shape index (κ3) is 2.24. The Morgan fingerprint density at radius 2 is 2.20 bits per heavy atom. The second-order valence-corrected chi connectivity index (χ2v) is 3.80. The second-order valence-electron chi connectivity index (χ2n) is 3.80. The van der Waals surface area contributed by atoms with Gasteiger partial charge in [0, 0.05) is 11.9 Å². The van der Waals surface area contributed by atoms with Crippen LogP contribution in [0.5, 0.6) is 0 Å². The van der Waals surface area contributed by atoms with Crippen molar-refractivity contribution < 1.29 is 5.21 Å². The quantitative estimate of drug-likeness (QED) is 0.562. The van der Waals surface area contributed by atoms with E-state index in [1.807, 2.05) is 25.3 Å². The number of aromatic nitrogens is 1. The molecule has 0 spiro atoms. The van der Waals surface area contributed by atoms with Crippen molar-refractivity contribution in [1.82, 2.24) is 4.98 Å². The number of aryl methyl sites for hydroxylation is 1. The number of allylic oxidation sites excluding steroid dienone is 2. The third-order valence-corrected chi connectivity index (χ3v) is 2.63. The molecule has 1 aliphatic carbocycles. The first-order valence-electron chi connectivity index (χ1n) is 5.14. The highest BCUT2D eigenvalue weighted by Crippen LogP contribution is 2.25. The molecule has 0 radical (unpaired) electrons. The summed E-state index contributed by atoms with van der Waals surface area (Å²) in [7, 11) is 0. The summed E-state index contributed by atoms with van der Waals surface area (Å²) in [6, 6.07) is 4.06. The highest BCUT2D eigenvalue weighted by Gasteiger charge is 2.10. The van der Waals surface area contributed by atoms with E-state index in [9.17, 15) is 0 Å². The maximum Gasteiger partial charge on any atom is 0.0798 e. The van der Waals surface area contributed by atoms with Gasteiger partial charge in [-0.1, -0.05) is 11.2 Å². The molecule has 0 amide bonds. The molecular formula is C12H14N2O. The summed E-state index contributed by atoms with van der Waals surface area (Å²) in [6.45, 7) is 1.97. The predicted molar refractivity (Wildman–Crippen MR) is 60.0 cm³/mol. The van der Waals surface area contributed by atoms with Gasteiger partial charge in [0.1, 0.15) is 0 Å². The minimum absolute atomic E-state index is 0.761. The van der Waals surface area contributed by atoms with Crippen molar-refractivity contribution in [3.05, 3.63) is 35.7 Å². The number of hydrogen-bond donors (Lipinski definition) is 1. The average molecular weight is 202 g/mol. The molecule has 1 aliphatic rings. The van der Waals surface area contributed by atoms with Gasteiger partial charge >= 0.3 is 0 Å². The van der Waals surface area contributed by atoms with Gasteiger partial charge in [0.05, 0.1) is 5.71 Å². The monoisotopic (exact) mass is 202 g/mol. The first kappa shape index (κ1) is 9.90. The van der Waals surface area contributed by atoms with Crippen LogP contribution in [0.1, 0.15) is 30.5 Å². The van der Waals surface area contributed by atoms with Crippen LogP contribution in [0.3, 0.4) is 0 Å². The van der Waals surface area contributed by atoms with E-state index in [1.165, 1.54) is 5.57 Å². The highest BCUT2D eigenvalue weighted by molar-refractivity contribution is 6.01. The van der Waals surface area contributed by atoms with Crippen LogP contribution in [-0.2, 0) is 0 Å². The van der Waals surface area contributed by atoms with Crippen LogP contribution >= 0.6 is 0 Å². The Balaban J connectivity index is 2.30. The number of oxime groups is 1. The first-order valence-corrected chi connectivity index (χ1v) is 5.14. The molecule has 0 unspecified atom stereocenters. The summed E-state index contributed by atoms with van der Waals surface area (Å²) in [5.74, 6) is 0. The van der Waals surface area contributed by atoms with E-state index in [4.69, 9.17) is 5.21 Å². The van der Waals surface area contributed by atoms with E-state index >= 15 is 0 Å². The van der Waals surface area contributed by atoms with E-state index in [-0.39, 0.29) is 0 Å². The molecule has 0 aromatic carbocycles. The van der Waals surface area contributed by atoms with Crippen LogP contribution in [0.15, 0.2) is 29.6 Å². The third-order valence-electron chi connectivity index (χ3n) is 2.63. The molecule has 1 aromatic heterocycles. The minimum Gasteiger partial charge on any atom is -0.411 e. The molecular weight excluding hydrogens is 188 g/mol. The number of pyridine rings is 1. The van der Waals surface area contributed by atoms with E-state index in [0.29, 0.717) is 0 Å². The van der Waals surface area contributed by atoms with Crippen LogP contribution < -0.4 is 0 Å². The molecule has 1 aromatic rings. The number of rotatable bonds is 1. The molecule has 0 fully saturated rings. The van der Waals surface area contributed by atoms with Crippen LogP contribution in [0.2, 0.25) is 0 Å². The number of hydrogen-bond acceptors (Lipinski definition) is 3. The van der Waals surface area contributed by atoms with Gasteiger partial charge in [0.15, 0.2) is 0 Å². The molecule has 1 heterocycles. The van der Waals surface area contributed by atoms with E-state index in [2.05, 4.69) is 16.2 Å². The van der Waals surface area contributed by atoms with Gasteiger partial charge in [-0.3, -0.25) is 4.98 Å². The Hall–Kier alpha value is -1.64. The molecule has 0 bridgehead atoms. The molecule has 3 nitrogen and oxygen atoms in total. The van der Waals surface area contributed by atoms with Gasteiger partial charge in [-0.15, -0.1) is 0 Å². The summed E-state index contributed by atoms with van der Waals surface area (Å²) < 4.78 is 0. The molecule has 1 N–H and O–H groups in total. The predicted octanol–water partition coefficient (Wildman–Crippen LogP) is 2.79. The lowest BCUT2D eigenvalue weighted by Gasteiger charge is -2.13. The first-order chi connectivity index (χ1) is 7.29.